The summed E-state index contributed by atoms with van der Waals surface area (Å²) in [5.41, 5.74) is 2.62. The van der Waals surface area contributed by atoms with Gasteiger partial charge in [-0.05, 0) is 42.8 Å². The maximum absolute atomic E-state index is 12.6. The van der Waals surface area contributed by atoms with Gasteiger partial charge in [0, 0.05) is 11.2 Å². The normalized spacial score (nSPS) is 10.7. The number of aryl methyl sites for hydroxylation is 1. The van der Waals surface area contributed by atoms with Crippen molar-refractivity contribution >= 4 is 23.5 Å². The van der Waals surface area contributed by atoms with E-state index in [-0.39, 0.29) is 18.6 Å². The van der Waals surface area contributed by atoms with Gasteiger partial charge in [0.15, 0.2) is 6.73 Å². The van der Waals surface area contributed by atoms with Crippen LogP contribution in [-0.4, -0.2) is 30.5 Å². The Hall–Kier alpha value is -3.65. The maximum atomic E-state index is 12.6. The molecule has 0 saturated carbocycles. The summed E-state index contributed by atoms with van der Waals surface area (Å²) in [4.78, 5) is 16.8. The lowest BCUT2D eigenvalue weighted by Gasteiger charge is -2.09. The number of nitrogens with one attached hydrogen (secondary N) is 1. The van der Waals surface area contributed by atoms with E-state index in [1.807, 2.05) is 25.1 Å². The number of amides is 1. The van der Waals surface area contributed by atoms with Crippen LogP contribution in [0.3, 0.4) is 0 Å². The van der Waals surface area contributed by atoms with E-state index in [9.17, 15) is 4.79 Å². The molecule has 2 aromatic heterocycles. The van der Waals surface area contributed by atoms with E-state index in [0.717, 1.165) is 5.56 Å². The second-order valence-corrected chi connectivity index (χ2v) is 7.09. The van der Waals surface area contributed by atoms with Gasteiger partial charge in [-0.2, -0.15) is 5.10 Å². The number of carbonyl (C=O) groups is 1. The van der Waals surface area contributed by atoms with Crippen molar-refractivity contribution in [2.24, 2.45) is 0 Å². The van der Waals surface area contributed by atoms with Gasteiger partial charge < -0.3 is 4.74 Å². The lowest BCUT2D eigenvalue weighted by atomic mass is 10.1. The van der Waals surface area contributed by atoms with Crippen LogP contribution in [0.15, 0.2) is 67.1 Å². The molecule has 8 nitrogen and oxygen atoms in total. The van der Waals surface area contributed by atoms with Crippen LogP contribution in [0.25, 0.3) is 0 Å². The number of ether oxygens (including phenoxy) is 1. The van der Waals surface area contributed by atoms with E-state index in [1.165, 1.54) is 16.4 Å². The van der Waals surface area contributed by atoms with E-state index >= 15 is 0 Å². The van der Waals surface area contributed by atoms with Crippen molar-refractivity contribution in [1.82, 2.24) is 24.5 Å². The summed E-state index contributed by atoms with van der Waals surface area (Å²) in [7, 11) is 0. The standard InChI is InChI=1S/C21H19ClN6O2/c1-15-3-2-4-16(11-15)12-27-13-23-21(26-27)25-20(29)19-9-10-24-28(19)14-30-18-7-5-17(22)6-8-18/h2-11,13H,12,14H2,1H3,(H,25,26,29). The molecule has 30 heavy (non-hydrogen) atoms. The van der Waals surface area contributed by atoms with E-state index in [0.29, 0.717) is 23.0 Å². The third-order valence-electron chi connectivity index (χ3n) is 4.31. The lowest BCUT2D eigenvalue weighted by Crippen LogP contribution is -2.20. The second-order valence-electron chi connectivity index (χ2n) is 6.65. The van der Waals surface area contributed by atoms with E-state index in [1.54, 1.807) is 41.3 Å². The van der Waals surface area contributed by atoms with Gasteiger partial charge >= 0.3 is 0 Å². The van der Waals surface area contributed by atoms with E-state index < -0.39 is 0 Å². The van der Waals surface area contributed by atoms with Crippen LogP contribution in [-0.2, 0) is 13.3 Å². The molecule has 0 aliphatic rings. The highest BCUT2D eigenvalue weighted by molar-refractivity contribution is 6.30. The highest BCUT2D eigenvalue weighted by Gasteiger charge is 2.15. The Kier molecular flexibility index (Phi) is 5.76. The molecule has 0 spiro atoms. The predicted molar refractivity (Wildman–Crippen MR) is 113 cm³/mol. The molecule has 9 heteroatoms. The first-order valence-corrected chi connectivity index (χ1v) is 9.61. The molecule has 0 saturated heterocycles. The number of nitrogens with zero attached hydrogens (tertiary/aromatic N) is 5. The number of hydrogen-bond acceptors (Lipinski definition) is 5. The van der Waals surface area contributed by atoms with Crippen LogP contribution in [0, 0.1) is 6.92 Å². The van der Waals surface area contributed by atoms with Crippen LogP contribution in [0.1, 0.15) is 21.6 Å². The number of benzene rings is 2. The SMILES string of the molecule is Cc1cccc(Cn2cnc(NC(=O)c3ccnn3COc3ccc(Cl)cc3)n2)c1. The Morgan fingerprint density at radius 2 is 2.00 bits per heavy atom. The van der Waals surface area contributed by atoms with E-state index in [2.05, 4.69) is 26.6 Å². The monoisotopic (exact) mass is 422 g/mol. The van der Waals surface area contributed by atoms with Crippen molar-refractivity contribution < 1.29 is 9.53 Å². The minimum Gasteiger partial charge on any atom is -0.471 e. The third kappa shape index (κ3) is 4.84. The Bertz CT molecular complexity index is 1150. The number of rotatable bonds is 7. The molecule has 0 bridgehead atoms. The molecule has 1 amide bonds. The Morgan fingerprint density at radius 1 is 1.17 bits per heavy atom. The number of halogens is 1. The Labute approximate surface area is 178 Å². The topological polar surface area (TPSA) is 86.9 Å². The largest absolute Gasteiger partial charge is 0.471 e. The molecule has 0 aliphatic carbocycles. The van der Waals surface area contributed by atoms with Crippen molar-refractivity contribution in [3.05, 3.63) is 89.0 Å². The minimum absolute atomic E-state index is 0.0760. The first-order chi connectivity index (χ1) is 14.6. The molecule has 2 aromatic carbocycles. The summed E-state index contributed by atoms with van der Waals surface area (Å²) in [6.07, 6.45) is 3.11. The fraction of sp³-hybridized carbons (Fsp3) is 0.143. The highest BCUT2D eigenvalue weighted by atomic mass is 35.5. The summed E-state index contributed by atoms with van der Waals surface area (Å²) in [6.45, 7) is 2.68. The summed E-state index contributed by atoms with van der Waals surface area (Å²) >= 11 is 5.87. The lowest BCUT2D eigenvalue weighted by molar-refractivity contribution is 0.100. The average molecular weight is 423 g/mol. The van der Waals surface area contributed by atoms with E-state index in [4.69, 9.17) is 16.3 Å². The maximum Gasteiger partial charge on any atom is 0.276 e. The fourth-order valence-electron chi connectivity index (χ4n) is 2.89. The molecular formula is C21H19ClN6O2. The average Bonchev–Trinajstić information content (AvgIpc) is 3.37. The van der Waals surface area contributed by atoms with Gasteiger partial charge in [-0.25, -0.2) is 14.3 Å². The zero-order valence-electron chi connectivity index (χ0n) is 16.2. The quantitative estimate of drug-likeness (QED) is 0.490. The number of carbonyl (C=O) groups excluding carboxylic acids is 1. The van der Waals surface area contributed by atoms with Crippen LogP contribution in [0.2, 0.25) is 5.02 Å². The van der Waals surface area contributed by atoms with Crippen LogP contribution in [0.5, 0.6) is 5.75 Å². The van der Waals surface area contributed by atoms with Gasteiger partial charge in [0.1, 0.15) is 17.8 Å². The Morgan fingerprint density at radius 3 is 2.80 bits per heavy atom. The predicted octanol–water partition coefficient (Wildman–Crippen LogP) is 3.77. The van der Waals surface area contributed by atoms with Gasteiger partial charge in [0.2, 0.25) is 5.95 Å². The molecule has 0 radical (unpaired) electrons. The number of hydrogen-bond donors (Lipinski definition) is 1. The fourth-order valence-corrected chi connectivity index (χ4v) is 3.01. The molecule has 152 valence electrons. The molecule has 0 aliphatic heterocycles. The van der Waals surface area contributed by atoms with Gasteiger partial charge in [0.05, 0.1) is 6.54 Å². The number of anilines is 1. The Balaban J connectivity index is 1.38. The summed E-state index contributed by atoms with van der Waals surface area (Å²) < 4.78 is 8.78. The molecule has 4 rings (SSSR count). The van der Waals surface area contributed by atoms with Crippen molar-refractivity contribution in [2.75, 3.05) is 5.32 Å². The van der Waals surface area contributed by atoms with Crippen molar-refractivity contribution in [3.63, 3.8) is 0 Å². The van der Waals surface area contributed by atoms with Crippen molar-refractivity contribution in [3.8, 4) is 5.75 Å². The first kappa shape index (κ1) is 19.7. The smallest absolute Gasteiger partial charge is 0.276 e. The van der Waals surface area contributed by atoms with Crippen LogP contribution in [0.4, 0.5) is 5.95 Å². The second kappa shape index (κ2) is 8.79. The minimum atomic E-state index is -0.375. The molecule has 1 N–H and O–H groups in total. The number of aromatic nitrogens is 5. The summed E-state index contributed by atoms with van der Waals surface area (Å²) in [5.74, 6) is 0.470. The zero-order chi connectivity index (χ0) is 20.9. The molecular weight excluding hydrogens is 404 g/mol. The molecule has 4 aromatic rings. The van der Waals surface area contributed by atoms with Gasteiger partial charge in [0.25, 0.3) is 5.91 Å². The van der Waals surface area contributed by atoms with Gasteiger partial charge in [-0.1, -0.05) is 41.4 Å². The molecule has 0 fully saturated rings. The van der Waals surface area contributed by atoms with Gasteiger partial charge in [-0.3, -0.25) is 10.1 Å². The van der Waals surface area contributed by atoms with Crippen LogP contribution < -0.4 is 10.1 Å². The molecule has 0 atom stereocenters. The third-order valence-corrected chi connectivity index (χ3v) is 4.56. The summed E-state index contributed by atoms with van der Waals surface area (Å²) in [6, 6.07) is 16.7. The highest BCUT2D eigenvalue weighted by Crippen LogP contribution is 2.16. The molecule has 0 unspecified atom stereocenters. The van der Waals surface area contributed by atoms with Crippen LogP contribution >= 0.6 is 11.6 Å². The van der Waals surface area contributed by atoms with Crippen molar-refractivity contribution in [2.45, 2.75) is 20.2 Å². The first-order valence-electron chi connectivity index (χ1n) is 9.23. The van der Waals surface area contributed by atoms with Crippen molar-refractivity contribution in [1.29, 1.82) is 0 Å². The molecule has 2 heterocycles. The van der Waals surface area contributed by atoms with Gasteiger partial charge in [-0.15, -0.1) is 5.10 Å². The zero-order valence-corrected chi connectivity index (χ0v) is 17.0. The summed E-state index contributed by atoms with van der Waals surface area (Å²) in [5, 5.41) is 11.8.